The second-order valence-electron chi connectivity index (χ2n) is 2.65. The highest BCUT2D eigenvalue weighted by Gasteiger charge is 2.12. The van der Waals surface area contributed by atoms with Crippen LogP contribution in [0.3, 0.4) is 0 Å². The molecule has 0 saturated heterocycles. The van der Waals surface area contributed by atoms with Crippen molar-refractivity contribution in [1.29, 1.82) is 0 Å². The first-order valence-electron chi connectivity index (χ1n) is 3.61. The summed E-state index contributed by atoms with van der Waals surface area (Å²) in [5.41, 5.74) is 0. The third kappa shape index (κ3) is 1.63. The maximum Gasteiger partial charge on any atom is 0.325 e. The molecule has 6 heteroatoms. The molecule has 14 heavy (non-hydrogen) atoms. The number of rotatable bonds is 1. The highest BCUT2D eigenvalue weighted by Crippen LogP contribution is 2.36. The van der Waals surface area contributed by atoms with Gasteiger partial charge in [0.15, 0.2) is 0 Å². The van der Waals surface area contributed by atoms with Crippen molar-refractivity contribution in [2.75, 3.05) is 0 Å². The lowest BCUT2D eigenvalue weighted by Crippen LogP contribution is -1.80. The second-order valence-corrected chi connectivity index (χ2v) is 4.97. The van der Waals surface area contributed by atoms with E-state index in [0.29, 0.717) is 5.02 Å². The minimum absolute atomic E-state index is 0.133. The van der Waals surface area contributed by atoms with Crippen LogP contribution in [0.4, 0.5) is 5.00 Å². The number of nitro groups is 1. The Morgan fingerprint density at radius 1 is 1.43 bits per heavy atom. The molecular formula is C8H3BrClNO2S. The van der Waals surface area contributed by atoms with E-state index in [2.05, 4.69) is 15.9 Å². The van der Waals surface area contributed by atoms with Crippen molar-refractivity contribution in [2.45, 2.75) is 0 Å². The number of halogens is 2. The number of fused-ring (bicyclic) bond motifs is 1. The molecule has 2 rings (SSSR count). The Labute approximate surface area is 96.6 Å². The first kappa shape index (κ1) is 9.89. The predicted molar refractivity (Wildman–Crippen MR) is 61.2 cm³/mol. The van der Waals surface area contributed by atoms with Crippen molar-refractivity contribution >= 4 is 54.0 Å². The minimum atomic E-state index is -0.396. The third-order valence-corrected chi connectivity index (χ3v) is 3.97. The van der Waals surface area contributed by atoms with Gasteiger partial charge in [-0.05, 0) is 28.1 Å². The molecule has 0 atom stereocenters. The molecule has 0 aliphatic rings. The maximum absolute atomic E-state index is 10.5. The summed E-state index contributed by atoms with van der Waals surface area (Å²) in [6.45, 7) is 0. The molecule has 3 nitrogen and oxygen atoms in total. The molecule has 0 radical (unpaired) electrons. The number of nitrogens with zero attached hydrogens (tertiary/aromatic N) is 1. The van der Waals surface area contributed by atoms with Gasteiger partial charge in [0.05, 0.1) is 9.95 Å². The van der Waals surface area contributed by atoms with E-state index >= 15 is 0 Å². The lowest BCUT2D eigenvalue weighted by Gasteiger charge is -1.93. The second kappa shape index (κ2) is 3.49. The molecule has 0 N–H and O–H groups in total. The van der Waals surface area contributed by atoms with E-state index in [-0.39, 0.29) is 5.00 Å². The Balaban J connectivity index is 2.72. The largest absolute Gasteiger partial charge is 0.325 e. The standard InChI is InChI=1S/C8H3BrClNO2S/c9-5-3-7-4(1-6(5)10)2-8(14-7)11(12)13/h1-3H. The van der Waals surface area contributed by atoms with Crippen LogP contribution >= 0.6 is 38.9 Å². The Morgan fingerprint density at radius 2 is 2.14 bits per heavy atom. The van der Waals surface area contributed by atoms with Gasteiger partial charge < -0.3 is 0 Å². The third-order valence-electron chi connectivity index (χ3n) is 1.73. The van der Waals surface area contributed by atoms with E-state index in [1.54, 1.807) is 12.1 Å². The number of hydrogen-bond acceptors (Lipinski definition) is 3. The van der Waals surface area contributed by atoms with Crippen LogP contribution in [-0.2, 0) is 0 Å². The summed E-state index contributed by atoms with van der Waals surface area (Å²) in [7, 11) is 0. The van der Waals surface area contributed by atoms with Crippen molar-refractivity contribution < 1.29 is 4.92 Å². The molecule has 0 unspecified atom stereocenters. The Bertz CT molecular complexity index is 486. The summed E-state index contributed by atoms with van der Waals surface area (Å²) in [6, 6.07) is 5.03. The Kier molecular flexibility index (Phi) is 2.47. The van der Waals surface area contributed by atoms with Crippen molar-refractivity contribution in [3.8, 4) is 0 Å². The molecule has 2 aromatic rings. The Morgan fingerprint density at radius 3 is 2.79 bits per heavy atom. The molecule has 0 spiro atoms. The summed E-state index contributed by atoms with van der Waals surface area (Å²) < 4.78 is 1.61. The quantitative estimate of drug-likeness (QED) is 0.583. The van der Waals surface area contributed by atoms with E-state index in [1.807, 2.05) is 0 Å². The summed E-state index contributed by atoms with van der Waals surface area (Å²) in [6.07, 6.45) is 0. The summed E-state index contributed by atoms with van der Waals surface area (Å²) >= 11 is 10.3. The van der Waals surface area contributed by atoms with Gasteiger partial charge in [-0.25, -0.2) is 0 Å². The summed E-state index contributed by atoms with van der Waals surface area (Å²) in [4.78, 5) is 10.1. The fraction of sp³-hybridized carbons (Fsp3) is 0. The van der Waals surface area contributed by atoms with Crippen molar-refractivity contribution in [2.24, 2.45) is 0 Å². The van der Waals surface area contributed by atoms with Crippen LogP contribution in [0.25, 0.3) is 10.1 Å². The van der Waals surface area contributed by atoms with Crippen molar-refractivity contribution in [1.82, 2.24) is 0 Å². The van der Waals surface area contributed by atoms with Crippen LogP contribution in [0.2, 0.25) is 5.02 Å². The average molecular weight is 293 g/mol. The van der Waals surface area contributed by atoms with Crippen LogP contribution in [0.5, 0.6) is 0 Å². The zero-order chi connectivity index (χ0) is 10.3. The van der Waals surface area contributed by atoms with E-state index in [1.165, 1.54) is 6.07 Å². The van der Waals surface area contributed by atoms with Gasteiger partial charge in [0.25, 0.3) is 0 Å². The predicted octanol–water partition coefficient (Wildman–Crippen LogP) is 4.23. The minimum Gasteiger partial charge on any atom is -0.258 e. The van der Waals surface area contributed by atoms with Gasteiger partial charge in [-0.3, -0.25) is 10.1 Å². The van der Waals surface area contributed by atoms with Crippen molar-refractivity contribution in [3.63, 3.8) is 0 Å². The monoisotopic (exact) mass is 291 g/mol. The van der Waals surface area contributed by atoms with Crippen LogP contribution < -0.4 is 0 Å². The highest BCUT2D eigenvalue weighted by atomic mass is 79.9. The zero-order valence-corrected chi connectivity index (χ0v) is 9.82. The van der Waals surface area contributed by atoms with Gasteiger partial charge in [0.1, 0.15) is 0 Å². The normalized spacial score (nSPS) is 10.7. The molecule has 72 valence electrons. The first-order valence-corrected chi connectivity index (χ1v) is 5.59. The molecule has 0 aliphatic carbocycles. The first-order chi connectivity index (χ1) is 6.58. The molecule has 0 saturated carbocycles. The SMILES string of the molecule is O=[N+]([O-])c1cc2cc(Cl)c(Br)cc2s1. The van der Waals surface area contributed by atoms with Gasteiger partial charge in [0.2, 0.25) is 0 Å². The van der Waals surface area contributed by atoms with Crippen LogP contribution in [0, 0.1) is 10.1 Å². The lowest BCUT2D eigenvalue weighted by molar-refractivity contribution is -0.380. The molecule has 1 aromatic heterocycles. The molecule has 0 fully saturated rings. The fourth-order valence-electron chi connectivity index (χ4n) is 1.11. The molecule has 0 aliphatic heterocycles. The number of hydrogen-bond donors (Lipinski definition) is 0. The molecule has 0 amide bonds. The van der Waals surface area contributed by atoms with Crippen molar-refractivity contribution in [3.05, 3.63) is 37.8 Å². The van der Waals surface area contributed by atoms with E-state index < -0.39 is 4.92 Å². The summed E-state index contributed by atoms with van der Waals surface area (Å²) in [5.74, 6) is 0. The molecule has 1 aromatic carbocycles. The van der Waals surface area contributed by atoms with E-state index in [4.69, 9.17) is 11.6 Å². The molecular weight excluding hydrogens is 290 g/mol. The molecule has 1 heterocycles. The number of benzene rings is 1. The molecule has 0 bridgehead atoms. The lowest BCUT2D eigenvalue weighted by atomic mass is 10.3. The van der Waals surface area contributed by atoms with Crippen LogP contribution in [0.1, 0.15) is 0 Å². The van der Waals surface area contributed by atoms with Crippen LogP contribution in [-0.4, -0.2) is 4.92 Å². The zero-order valence-electron chi connectivity index (χ0n) is 6.66. The average Bonchev–Trinajstić information content (AvgIpc) is 2.48. The highest BCUT2D eigenvalue weighted by molar-refractivity contribution is 9.10. The maximum atomic E-state index is 10.5. The number of thiophene rings is 1. The summed E-state index contributed by atoms with van der Waals surface area (Å²) in [5, 5.41) is 12.0. The van der Waals surface area contributed by atoms with Gasteiger partial charge in [-0.2, -0.15) is 0 Å². The van der Waals surface area contributed by atoms with E-state index in [0.717, 1.165) is 25.9 Å². The van der Waals surface area contributed by atoms with Gasteiger partial charge >= 0.3 is 5.00 Å². The Hall–Kier alpha value is -0.650. The topological polar surface area (TPSA) is 43.1 Å². The smallest absolute Gasteiger partial charge is 0.258 e. The van der Waals surface area contributed by atoms with Crippen LogP contribution in [0.15, 0.2) is 22.7 Å². The van der Waals surface area contributed by atoms with E-state index in [9.17, 15) is 10.1 Å². The van der Waals surface area contributed by atoms with Gasteiger partial charge in [-0.1, -0.05) is 22.9 Å². The fourth-order valence-corrected chi connectivity index (χ4v) is 2.68. The van der Waals surface area contributed by atoms with Gasteiger partial charge in [0, 0.05) is 20.6 Å². The van der Waals surface area contributed by atoms with Gasteiger partial charge in [-0.15, -0.1) is 0 Å².